The lowest BCUT2D eigenvalue weighted by molar-refractivity contribution is -0.142. The van der Waals surface area contributed by atoms with Gasteiger partial charge in [-0.3, -0.25) is 4.79 Å². The number of ether oxygens (including phenoxy) is 1. The van der Waals surface area contributed by atoms with Crippen molar-refractivity contribution in [2.24, 2.45) is 0 Å². The minimum atomic E-state index is -0.155. The molecule has 0 saturated carbocycles. The molecular weight excluding hydrogens is 264 g/mol. The van der Waals surface area contributed by atoms with Gasteiger partial charge in [-0.2, -0.15) is 0 Å². The minimum Gasteiger partial charge on any atom is -0.464 e. The van der Waals surface area contributed by atoms with Crippen LogP contribution in [0.5, 0.6) is 0 Å². The lowest BCUT2D eigenvalue weighted by atomic mass is 10.1. The molecule has 0 fully saturated rings. The lowest BCUT2D eigenvalue weighted by Gasteiger charge is -2.22. The van der Waals surface area contributed by atoms with Crippen molar-refractivity contribution in [3.05, 3.63) is 35.9 Å². The Labute approximate surface area is 126 Å². The standard InChI is InChI=1S/C17H24N2O2/c1-4-17(20)21-12-11-18-15-8-6-14(7-9-15)16-10-5-13(2)19(16)3/h6-10,13,18H,4-5,11-12H2,1-3H3. The van der Waals surface area contributed by atoms with Crippen LogP contribution in [0.1, 0.15) is 32.3 Å². The third-order valence-electron chi connectivity index (χ3n) is 3.86. The van der Waals surface area contributed by atoms with Crippen molar-refractivity contribution in [2.75, 3.05) is 25.5 Å². The summed E-state index contributed by atoms with van der Waals surface area (Å²) in [5.74, 6) is -0.155. The molecule has 1 N–H and O–H groups in total. The van der Waals surface area contributed by atoms with Gasteiger partial charge in [0.15, 0.2) is 0 Å². The number of nitrogens with one attached hydrogen (secondary N) is 1. The van der Waals surface area contributed by atoms with E-state index >= 15 is 0 Å². The van der Waals surface area contributed by atoms with Crippen LogP contribution < -0.4 is 5.32 Å². The quantitative estimate of drug-likeness (QED) is 0.645. The summed E-state index contributed by atoms with van der Waals surface area (Å²) in [6.45, 7) is 5.06. The molecule has 21 heavy (non-hydrogen) atoms. The van der Waals surface area contributed by atoms with Crippen LogP contribution in [-0.4, -0.2) is 37.1 Å². The molecule has 0 aliphatic carbocycles. The van der Waals surface area contributed by atoms with Gasteiger partial charge < -0.3 is 15.0 Å². The van der Waals surface area contributed by atoms with Crippen molar-refractivity contribution in [1.82, 2.24) is 4.90 Å². The van der Waals surface area contributed by atoms with E-state index in [9.17, 15) is 4.79 Å². The van der Waals surface area contributed by atoms with Crippen molar-refractivity contribution in [3.8, 4) is 0 Å². The zero-order valence-corrected chi connectivity index (χ0v) is 13.1. The lowest BCUT2D eigenvalue weighted by Crippen LogP contribution is -2.21. The first kappa shape index (κ1) is 15.4. The number of rotatable bonds is 6. The Bertz CT molecular complexity index is 508. The van der Waals surface area contributed by atoms with Gasteiger partial charge in [0.2, 0.25) is 0 Å². The smallest absolute Gasteiger partial charge is 0.305 e. The molecule has 2 rings (SSSR count). The first-order valence-corrected chi connectivity index (χ1v) is 7.54. The van der Waals surface area contributed by atoms with Crippen molar-refractivity contribution < 1.29 is 9.53 Å². The molecule has 114 valence electrons. The maximum absolute atomic E-state index is 11.0. The Morgan fingerprint density at radius 1 is 1.38 bits per heavy atom. The fourth-order valence-corrected chi connectivity index (χ4v) is 2.36. The molecule has 0 radical (unpaired) electrons. The highest BCUT2D eigenvalue weighted by Crippen LogP contribution is 2.28. The molecule has 1 aromatic rings. The predicted molar refractivity (Wildman–Crippen MR) is 86.0 cm³/mol. The number of hydrogen-bond acceptors (Lipinski definition) is 4. The third-order valence-corrected chi connectivity index (χ3v) is 3.86. The van der Waals surface area contributed by atoms with Gasteiger partial charge in [-0.25, -0.2) is 0 Å². The molecule has 0 amide bonds. The minimum absolute atomic E-state index is 0.155. The zero-order chi connectivity index (χ0) is 15.2. The second-order valence-electron chi connectivity index (χ2n) is 5.36. The Morgan fingerprint density at radius 2 is 2.10 bits per heavy atom. The van der Waals surface area contributed by atoms with E-state index in [4.69, 9.17) is 4.74 Å². The average Bonchev–Trinajstić information content (AvgIpc) is 2.84. The fourth-order valence-electron chi connectivity index (χ4n) is 2.36. The molecular formula is C17H24N2O2. The molecule has 1 aliphatic rings. The van der Waals surface area contributed by atoms with E-state index in [1.165, 1.54) is 11.3 Å². The Kier molecular flexibility index (Phi) is 5.26. The Hall–Kier alpha value is -1.97. The Morgan fingerprint density at radius 3 is 2.67 bits per heavy atom. The van der Waals surface area contributed by atoms with Gasteiger partial charge in [0, 0.05) is 37.4 Å². The number of hydrogen-bond donors (Lipinski definition) is 1. The van der Waals surface area contributed by atoms with E-state index < -0.39 is 0 Å². The summed E-state index contributed by atoms with van der Waals surface area (Å²) >= 11 is 0. The predicted octanol–water partition coefficient (Wildman–Crippen LogP) is 3.12. The molecule has 0 bridgehead atoms. The van der Waals surface area contributed by atoms with Gasteiger partial charge in [-0.1, -0.05) is 25.1 Å². The van der Waals surface area contributed by atoms with E-state index in [0.29, 0.717) is 25.6 Å². The molecule has 1 unspecified atom stereocenters. The molecule has 4 heteroatoms. The molecule has 4 nitrogen and oxygen atoms in total. The van der Waals surface area contributed by atoms with Crippen molar-refractivity contribution >= 4 is 17.4 Å². The van der Waals surface area contributed by atoms with Crippen LogP contribution in [-0.2, 0) is 9.53 Å². The van der Waals surface area contributed by atoms with Crippen LogP contribution in [0.15, 0.2) is 30.3 Å². The van der Waals surface area contributed by atoms with Gasteiger partial charge in [0.05, 0.1) is 0 Å². The molecule has 0 aromatic heterocycles. The van der Waals surface area contributed by atoms with Gasteiger partial charge in [0.25, 0.3) is 0 Å². The SMILES string of the molecule is CCC(=O)OCCNc1ccc(C2=CCC(C)N2C)cc1. The summed E-state index contributed by atoms with van der Waals surface area (Å²) in [5, 5.41) is 3.25. The average molecular weight is 288 g/mol. The highest BCUT2D eigenvalue weighted by atomic mass is 16.5. The summed E-state index contributed by atoms with van der Waals surface area (Å²) in [4.78, 5) is 13.3. The van der Waals surface area contributed by atoms with Crippen molar-refractivity contribution in [1.29, 1.82) is 0 Å². The summed E-state index contributed by atoms with van der Waals surface area (Å²) in [6.07, 6.45) is 3.82. The maximum Gasteiger partial charge on any atom is 0.305 e. The Balaban J connectivity index is 1.84. The van der Waals surface area contributed by atoms with Crippen LogP contribution in [0.2, 0.25) is 0 Å². The monoisotopic (exact) mass is 288 g/mol. The van der Waals surface area contributed by atoms with E-state index in [1.807, 2.05) is 0 Å². The summed E-state index contributed by atoms with van der Waals surface area (Å²) in [6, 6.07) is 8.95. The number of anilines is 1. The third kappa shape index (κ3) is 4.00. The second kappa shape index (κ2) is 7.16. The number of benzene rings is 1. The fraction of sp³-hybridized carbons (Fsp3) is 0.471. The van der Waals surface area contributed by atoms with Crippen molar-refractivity contribution in [2.45, 2.75) is 32.7 Å². The zero-order valence-electron chi connectivity index (χ0n) is 13.1. The first-order chi connectivity index (χ1) is 10.1. The molecule has 1 aromatic carbocycles. The van der Waals surface area contributed by atoms with Crippen LogP contribution in [0.3, 0.4) is 0 Å². The summed E-state index contributed by atoms with van der Waals surface area (Å²) in [5.41, 5.74) is 3.58. The normalized spacial score (nSPS) is 17.6. The van der Waals surface area contributed by atoms with Crippen LogP contribution >= 0.6 is 0 Å². The number of carbonyl (C=O) groups is 1. The van der Waals surface area contributed by atoms with E-state index in [2.05, 4.69) is 54.5 Å². The highest BCUT2D eigenvalue weighted by Gasteiger charge is 2.19. The molecule has 1 heterocycles. The molecule has 0 spiro atoms. The maximum atomic E-state index is 11.0. The van der Waals surface area contributed by atoms with Gasteiger partial charge >= 0.3 is 5.97 Å². The van der Waals surface area contributed by atoms with Crippen LogP contribution in [0.25, 0.3) is 5.70 Å². The second-order valence-corrected chi connectivity index (χ2v) is 5.36. The number of carbonyl (C=O) groups excluding carboxylic acids is 1. The highest BCUT2D eigenvalue weighted by molar-refractivity contribution is 5.69. The summed E-state index contributed by atoms with van der Waals surface area (Å²) in [7, 11) is 2.14. The van der Waals surface area contributed by atoms with Gasteiger partial charge in [-0.05, 0) is 31.0 Å². The largest absolute Gasteiger partial charge is 0.464 e. The first-order valence-electron chi connectivity index (χ1n) is 7.54. The topological polar surface area (TPSA) is 41.6 Å². The van der Waals surface area contributed by atoms with Crippen LogP contribution in [0.4, 0.5) is 5.69 Å². The van der Waals surface area contributed by atoms with Crippen molar-refractivity contribution in [3.63, 3.8) is 0 Å². The van der Waals surface area contributed by atoms with E-state index in [1.54, 1.807) is 6.92 Å². The van der Waals surface area contributed by atoms with E-state index in [-0.39, 0.29) is 5.97 Å². The molecule has 0 saturated heterocycles. The summed E-state index contributed by atoms with van der Waals surface area (Å²) < 4.78 is 5.03. The van der Waals surface area contributed by atoms with Crippen LogP contribution in [0, 0.1) is 0 Å². The number of esters is 1. The van der Waals surface area contributed by atoms with Gasteiger partial charge in [0.1, 0.15) is 6.61 Å². The number of nitrogens with zero attached hydrogens (tertiary/aromatic N) is 1. The molecule has 1 aliphatic heterocycles. The van der Waals surface area contributed by atoms with Gasteiger partial charge in [-0.15, -0.1) is 0 Å². The molecule has 1 atom stereocenters. The van der Waals surface area contributed by atoms with E-state index in [0.717, 1.165) is 12.1 Å².